The second-order valence-electron chi connectivity index (χ2n) is 3.88. The third-order valence-electron chi connectivity index (χ3n) is 3.22. The Labute approximate surface area is 74.5 Å². The fourth-order valence-electron chi connectivity index (χ4n) is 2.15. The molecule has 0 aromatic rings. The first-order valence-electron chi connectivity index (χ1n) is 4.97. The minimum absolute atomic E-state index is 0.267. The van der Waals surface area contributed by atoms with Crippen LogP contribution in [0.3, 0.4) is 0 Å². The van der Waals surface area contributed by atoms with Crippen LogP contribution in [0.1, 0.15) is 51.9 Å². The minimum Gasteiger partial charge on any atom is -0.273 e. The van der Waals surface area contributed by atoms with E-state index < -0.39 is 0 Å². The molecule has 1 saturated carbocycles. The van der Waals surface area contributed by atoms with Gasteiger partial charge in [0.1, 0.15) is 0 Å². The van der Waals surface area contributed by atoms with Crippen LogP contribution < -0.4 is 5.73 Å². The molecular formula is C10H18NO. The maximum atomic E-state index is 11.2. The Bertz CT molecular complexity index is 157. The van der Waals surface area contributed by atoms with Crippen LogP contribution in [0.25, 0.3) is 0 Å². The highest BCUT2D eigenvalue weighted by atomic mass is 16.1. The van der Waals surface area contributed by atoms with Gasteiger partial charge in [0.25, 0.3) is 0 Å². The zero-order valence-electron chi connectivity index (χ0n) is 7.86. The average Bonchev–Trinajstić information content (AvgIpc) is 2.29. The molecule has 1 rings (SSSR count). The van der Waals surface area contributed by atoms with Crippen molar-refractivity contribution >= 4 is 5.91 Å². The molecule has 1 fully saturated rings. The van der Waals surface area contributed by atoms with E-state index in [2.05, 4.69) is 0 Å². The monoisotopic (exact) mass is 168 g/mol. The number of nitrogens with one attached hydrogen (secondary N) is 1. The average molecular weight is 168 g/mol. The predicted molar refractivity (Wildman–Crippen MR) is 48.5 cm³/mol. The van der Waals surface area contributed by atoms with Gasteiger partial charge in [0, 0.05) is 0 Å². The number of hydrogen-bond donors (Lipinski definition) is 0. The maximum Gasteiger partial charge on any atom is 0.244 e. The molecule has 0 aromatic carbocycles. The summed E-state index contributed by atoms with van der Waals surface area (Å²) in [6, 6.07) is 0. The third kappa shape index (κ3) is 1.79. The summed E-state index contributed by atoms with van der Waals surface area (Å²) in [4.78, 5) is 11.2. The van der Waals surface area contributed by atoms with E-state index in [-0.39, 0.29) is 11.3 Å². The van der Waals surface area contributed by atoms with Crippen molar-refractivity contribution in [3.63, 3.8) is 0 Å². The standard InChI is InChI=1S/C10H18NO/c1-2-10(9(11)12)7-5-3-4-6-8-10/h11H,2-8H2,1H3. The number of carbonyl (C=O) groups excluding carboxylic acids is 1. The van der Waals surface area contributed by atoms with Crippen molar-refractivity contribution in [2.24, 2.45) is 5.41 Å². The summed E-state index contributed by atoms with van der Waals surface area (Å²) in [6.45, 7) is 2.04. The molecule has 2 nitrogen and oxygen atoms in total. The van der Waals surface area contributed by atoms with Gasteiger partial charge in [0.2, 0.25) is 5.91 Å². The van der Waals surface area contributed by atoms with Gasteiger partial charge in [-0.05, 0) is 19.3 Å². The fourth-order valence-corrected chi connectivity index (χ4v) is 2.15. The molecule has 1 amide bonds. The summed E-state index contributed by atoms with van der Waals surface area (Å²) in [5.41, 5.74) is 7.01. The van der Waals surface area contributed by atoms with Crippen LogP contribution in [0.5, 0.6) is 0 Å². The molecule has 69 valence electrons. The van der Waals surface area contributed by atoms with Gasteiger partial charge in [-0.15, -0.1) is 0 Å². The highest BCUT2D eigenvalue weighted by molar-refractivity contribution is 5.80. The first kappa shape index (κ1) is 9.56. The summed E-state index contributed by atoms with van der Waals surface area (Å²) < 4.78 is 0. The molecule has 0 spiro atoms. The molecule has 1 N–H and O–H groups in total. The van der Waals surface area contributed by atoms with E-state index in [4.69, 9.17) is 5.73 Å². The topological polar surface area (TPSA) is 40.9 Å². The molecule has 0 bridgehead atoms. The fraction of sp³-hybridized carbons (Fsp3) is 0.900. The lowest BCUT2D eigenvalue weighted by Gasteiger charge is -2.26. The molecule has 0 aromatic heterocycles. The van der Waals surface area contributed by atoms with E-state index in [1.807, 2.05) is 6.92 Å². The molecular weight excluding hydrogens is 150 g/mol. The quantitative estimate of drug-likeness (QED) is 0.584. The molecule has 0 saturated heterocycles. The molecule has 12 heavy (non-hydrogen) atoms. The first-order chi connectivity index (χ1) is 5.71. The third-order valence-corrected chi connectivity index (χ3v) is 3.22. The van der Waals surface area contributed by atoms with Crippen molar-refractivity contribution in [2.75, 3.05) is 0 Å². The van der Waals surface area contributed by atoms with Gasteiger partial charge in [-0.2, -0.15) is 0 Å². The van der Waals surface area contributed by atoms with Gasteiger partial charge in [0.05, 0.1) is 5.41 Å². The van der Waals surface area contributed by atoms with Crippen LogP contribution in [-0.2, 0) is 4.79 Å². The SMILES string of the molecule is CCC1(C([NH])=O)CCCCCC1. The lowest BCUT2D eigenvalue weighted by Crippen LogP contribution is -2.30. The van der Waals surface area contributed by atoms with Gasteiger partial charge in [0.15, 0.2) is 0 Å². The Morgan fingerprint density at radius 2 is 1.75 bits per heavy atom. The van der Waals surface area contributed by atoms with E-state index in [0.717, 1.165) is 32.1 Å². The number of hydrogen-bond acceptors (Lipinski definition) is 1. The van der Waals surface area contributed by atoms with E-state index in [0.29, 0.717) is 0 Å². The zero-order chi connectivity index (χ0) is 9.03. The smallest absolute Gasteiger partial charge is 0.244 e. The van der Waals surface area contributed by atoms with Gasteiger partial charge >= 0.3 is 0 Å². The normalized spacial score (nSPS) is 23.1. The highest BCUT2D eigenvalue weighted by Crippen LogP contribution is 2.37. The molecule has 1 aliphatic carbocycles. The molecule has 0 heterocycles. The lowest BCUT2D eigenvalue weighted by molar-refractivity contribution is -0.129. The Balaban J connectivity index is 2.68. The van der Waals surface area contributed by atoms with Gasteiger partial charge < -0.3 is 0 Å². The molecule has 1 radical (unpaired) electrons. The van der Waals surface area contributed by atoms with Crippen LogP contribution in [-0.4, -0.2) is 5.91 Å². The minimum atomic E-state index is -0.327. The van der Waals surface area contributed by atoms with Gasteiger partial charge in [-0.25, -0.2) is 0 Å². The van der Waals surface area contributed by atoms with Crippen molar-refractivity contribution < 1.29 is 4.79 Å². The maximum absolute atomic E-state index is 11.2. The Morgan fingerprint density at radius 3 is 2.08 bits per heavy atom. The number of amides is 1. The summed E-state index contributed by atoms with van der Waals surface area (Å²) in [5.74, 6) is -0.327. The summed E-state index contributed by atoms with van der Waals surface area (Å²) in [5, 5.41) is 0. The van der Waals surface area contributed by atoms with Crippen molar-refractivity contribution in [3.8, 4) is 0 Å². The summed E-state index contributed by atoms with van der Waals surface area (Å²) in [7, 11) is 0. The second kappa shape index (κ2) is 3.92. The van der Waals surface area contributed by atoms with E-state index in [1.54, 1.807) is 0 Å². The Morgan fingerprint density at radius 1 is 1.25 bits per heavy atom. The van der Waals surface area contributed by atoms with E-state index in [1.165, 1.54) is 12.8 Å². The van der Waals surface area contributed by atoms with Crippen LogP contribution in [0.15, 0.2) is 0 Å². The second-order valence-corrected chi connectivity index (χ2v) is 3.88. The zero-order valence-corrected chi connectivity index (χ0v) is 7.86. The molecule has 1 aliphatic rings. The van der Waals surface area contributed by atoms with E-state index in [9.17, 15) is 4.79 Å². The Hall–Kier alpha value is -0.530. The van der Waals surface area contributed by atoms with E-state index >= 15 is 0 Å². The van der Waals surface area contributed by atoms with Gasteiger partial charge in [-0.1, -0.05) is 32.6 Å². The van der Waals surface area contributed by atoms with Crippen LogP contribution in [0.2, 0.25) is 0 Å². The van der Waals surface area contributed by atoms with Crippen LogP contribution in [0.4, 0.5) is 0 Å². The lowest BCUT2D eigenvalue weighted by atomic mass is 9.77. The summed E-state index contributed by atoms with van der Waals surface area (Å²) >= 11 is 0. The number of rotatable bonds is 2. The summed E-state index contributed by atoms with van der Waals surface area (Å²) in [6.07, 6.45) is 7.52. The molecule has 0 aliphatic heterocycles. The van der Waals surface area contributed by atoms with Crippen molar-refractivity contribution in [1.82, 2.24) is 5.73 Å². The van der Waals surface area contributed by atoms with Crippen LogP contribution in [0, 0.1) is 5.41 Å². The number of carbonyl (C=O) groups is 1. The van der Waals surface area contributed by atoms with Crippen molar-refractivity contribution in [2.45, 2.75) is 51.9 Å². The molecule has 0 unspecified atom stereocenters. The van der Waals surface area contributed by atoms with Gasteiger partial charge in [-0.3, -0.25) is 10.5 Å². The largest absolute Gasteiger partial charge is 0.273 e. The molecule has 0 atom stereocenters. The predicted octanol–water partition coefficient (Wildman–Crippen LogP) is 2.55. The van der Waals surface area contributed by atoms with Crippen molar-refractivity contribution in [1.29, 1.82) is 0 Å². The highest BCUT2D eigenvalue weighted by Gasteiger charge is 2.35. The van der Waals surface area contributed by atoms with Crippen molar-refractivity contribution in [3.05, 3.63) is 0 Å². The molecule has 2 heteroatoms. The van der Waals surface area contributed by atoms with Crippen LogP contribution >= 0.6 is 0 Å². The Kier molecular flexibility index (Phi) is 3.12. The first-order valence-corrected chi connectivity index (χ1v) is 4.97.